The fourth-order valence-corrected chi connectivity index (χ4v) is 4.01. The quantitative estimate of drug-likeness (QED) is 0.859. The van der Waals surface area contributed by atoms with E-state index in [4.69, 9.17) is 5.11 Å². The molecular weight excluding hydrogens is 308 g/mol. The summed E-state index contributed by atoms with van der Waals surface area (Å²) in [6, 6.07) is 6.60. The molecule has 0 radical (unpaired) electrons. The van der Waals surface area contributed by atoms with Gasteiger partial charge in [0, 0.05) is 19.6 Å². The van der Waals surface area contributed by atoms with Crippen LogP contribution in [0.3, 0.4) is 0 Å². The summed E-state index contributed by atoms with van der Waals surface area (Å²) in [6.45, 7) is 1.54. The number of aliphatic hydroxyl groups is 1. The molecule has 1 aromatic rings. The number of phenols is 1. The number of amides is 2. The molecule has 1 unspecified atom stereocenters. The SMILES string of the molecule is O=C(Cc1ccc(O)cc1)N1CCCC12CCCN(CCO)C2=O. The van der Waals surface area contributed by atoms with E-state index in [1.54, 1.807) is 34.1 Å². The number of aliphatic hydroxyl groups excluding tert-OH is 1. The highest BCUT2D eigenvalue weighted by molar-refractivity contribution is 5.93. The van der Waals surface area contributed by atoms with Crippen LogP contribution >= 0.6 is 0 Å². The third-order valence-electron chi connectivity index (χ3n) is 5.16. The highest BCUT2D eigenvalue weighted by Gasteiger charge is 2.52. The van der Waals surface area contributed by atoms with Crippen LogP contribution in [0.5, 0.6) is 5.75 Å². The molecule has 2 amide bonds. The lowest BCUT2D eigenvalue weighted by Crippen LogP contribution is -2.61. The van der Waals surface area contributed by atoms with Gasteiger partial charge in [-0.15, -0.1) is 0 Å². The number of piperidine rings is 1. The monoisotopic (exact) mass is 332 g/mol. The first-order valence-electron chi connectivity index (χ1n) is 8.55. The molecule has 2 heterocycles. The predicted molar refractivity (Wildman–Crippen MR) is 88.4 cm³/mol. The number of phenolic OH excluding ortho intramolecular Hbond substituents is 1. The molecule has 0 aliphatic carbocycles. The van der Waals surface area contributed by atoms with Gasteiger partial charge < -0.3 is 20.0 Å². The van der Waals surface area contributed by atoms with Crippen molar-refractivity contribution in [2.75, 3.05) is 26.2 Å². The van der Waals surface area contributed by atoms with Crippen LogP contribution in [0.2, 0.25) is 0 Å². The minimum absolute atomic E-state index is 0.0145. The van der Waals surface area contributed by atoms with E-state index >= 15 is 0 Å². The largest absolute Gasteiger partial charge is 0.508 e. The number of aromatic hydroxyl groups is 1. The van der Waals surface area contributed by atoms with Crippen molar-refractivity contribution in [1.82, 2.24) is 9.80 Å². The highest BCUT2D eigenvalue weighted by atomic mass is 16.3. The zero-order valence-corrected chi connectivity index (χ0v) is 13.8. The number of hydrogen-bond donors (Lipinski definition) is 2. The summed E-state index contributed by atoms with van der Waals surface area (Å²) in [4.78, 5) is 29.2. The van der Waals surface area contributed by atoms with Gasteiger partial charge in [0.05, 0.1) is 13.0 Å². The minimum atomic E-state index is -0.721. The number of carbonyl (C=O) groups is 2. The van der Waals surface area contributed by atoms with Crippen LogP contribution in [0.15, 0.2) is 24.3 Å². The molecule has 1 spiro atoms. The Hall–Kier alpha value is -2.08. The Balaban J connectivity index is 1.77. The first-order valence-corrected chi connectivity index (χ1v) is 8.55. The Morgan fingerprint density at radius 2 is 1.79 bits per heavy atom. The van der Waals surface area contributed by atoms with Crippen molar-refractivity contribution in [2.45, 2.75) is 37.6 Å². The van der Waals surface area contributed by atoms with E-state index in [0.717, 1.165) is 18.4 Å². The molecule has 6 nitrogen and oxygen atoms in total. The lowest BCUT2D eigenvalue weighted by Gasteiger charge is -2.44. The highest BCUT2D eigenvalue weighted by Crippen LogP contribution is 2.38. The molecule has 0 bridgehead atoms. The summed E-state index contributed by atoms with van der Waals surface area (Å²) in [5.41, 5.74) is 0.108. The van der Waals surface area contributed by atoms with Crippen molar-refractivity contribution in [2.24, 2.45) is 0 Å². The van der Waals surface area contributed by atoms with Gasteiger partial charge in [-0.3, -0.25) is 9.59 Å². The molecule has 2 N–H and O–H groups in total. The van der Waals surface area contributed by atoms with E-state index in [1.165, 1.54) is 0 Å². The summed E-state index contributed by atoms with van der Waals surface area (Å²) in [6.07, 6.45) is 3.33. The minimum Gasteiger partial charge on any atom is -0.508 e. The van der Waals surface area contributed by atoms with E-state index in [0.29, 0.717) is 32.5 Å². The Kier molecular flexibility index (Phi) is 4.76. The molecule has 1 atom stereocenters. The third kappa shape index (κ3) is 2.98. The lowest BCUT2D eigenvalue weighted by atomic mass is 9.85. The lowest BCUT2D eigenvalue weighted by molar-refractivity contribution is -0.155. The fraction of sp³-hybridized carbons (Fsp3) is 0.556. The molecule has 2 aliphatic rings. The van der Waals surface area contributed by atoms with E-state index in [2.05, 4.69) is 0 Å². The molecule has 24 heavy (non-hydrogen) atoms. The Bertz CT molecular complexity index is 614. The van der Waals surface area contributed by atoms with Gasteiger partial charge >= 0.3 is 0 Å². The molecule has 3 rings (SSSR count). The summed E-state index contributed by atoms with van der Waals surface area (Å²) < 4.78 is 0. The van der Waals surface area contributed by atoms with Gasteiger partial charge in [-0.05, 0) is 43.4 Å². The van der Waals surface area contributed by atoms with Crippen LogP contribution < -0.4 is 0 Å². The molecule has 0 saturated carbocycles. The van der Waals surface area contributed by atoms with E-state index in [1.807, 2.05) is 0 Å². The molecule has 130 valence electrons. The first-order chi connectivity index (χ1) is 11.6. The normalized spacial score (nSPS) is 24.0. The molecule has 2 fully saturated rings. The molecule has 2 aliphatic heterocycles. The number of likely N-dealkylation sites (tertiary alicyclic amines) is 2. The van der Waals surface area contributed by atoms with Crippen LogP contribution in [-0.4, -0.2) is 63.6 Å². The second-order valence-corrected chi connectivity index (χ2v) is 6.64. The van der Waals surface area contributed by atoms with E-state index < -0.39 is 5.54 Å². The number of benzene rings is 1. The Labute approximate surface area is 141 Å². The fourth-order valence-electron chi connectivity index (χ4n) is 4.01. The molecule has 0 aromatic heterocycles. The maximum Gasteiger partial charge on any atom is 0.248 e. The van der Waals surface area contributed by atoms with Gasteiger partial charge in [0.1, 0.15) is 11.3 Å². The molecule has 1 aromatic carbocycles. The molecule has 6 heteroatoms. The number of carbonyl (C=O) groups excluding carboxylic acids is 2. The van der Waals surface area contributed by atoms with Gasteiger partial charge in [-0.25, -0.2) is 0 Å². The van der Waals surface area contributed by atoms with Gasteiger partial charge in [0.25, 0.3) is 0 Å². The number of hydrogen-bond acceptors (Lipinski definition) is 4. The van der Waals surface area contributed by atoms with Crippen molar-refractivity contribution < 1.29 is 19.8 Å². The van der Waals surface area contributed by atoms with E-state index in [-0.39, 0.29) is 30.6 Å². The van der Waals surface area contributed by atoms with Gasteiger partial charge in [0.15, 0.2) is 0 Å². The standard InChI is InChI=1S/C18H24N2O4/c21-12-11-19-9-1-7-18(17(19)24)8-2-10-20(18)16(23)13-14-3-5-15(22)6-4-14/h3-6,21-22H,1-2,7-13H2. The van der Waals surface area contributed by atoms with E-state index in [9.17, 15) is 14.7 Å². The van der Waals surface area contributed by atoms with Crippen molar-refractivity contribution >= 4 is 11.8 Å². The maximum absolute atomic E-state index is 12.9. The predicted octanol–water partition coefficient (Wildman–Crippen LogP) is 0.911. The first kappa shape index (κ1) is 16.8. The second kappa shape index (κ2) is 6.81. The molecular formula is C18H24N2O4. The summed E-state index contributed by atoms with van der Waals surface area (Å²) in [5.74, 6) is 0.114. The summed E-state index contributed by atoms with van der Waals surface area (Å²) in [5, 5.41) is 18.5. The summed E-state index contributed by atoms with van der Waals surface area (Å²) >= 11 is 0. The second-order valence-electron chi connectivity index (χ2n) is 6.64. The van der Waals surface area contributed by atoms with Crippen molar-refractivity contribution in [3.63, 3.8) is 0 Å². The third-order valence-corrected chi connectivity index (χ3v) is 5.16. The zero-order valence-electron chi connectivity index (χ0n) is 13.8. The zero-order chi connectivity index (χ0) is 17.2. The van der Waals surface area contributed by atoms with Crippen molar-refractivity contribution in [3.8, 4) is 5.75 Å². The van der Waals surface area contributed by atoms with Crippen molar-refractivity contribution in [1.29, 1.82) is 0 Å². The van der Waals surface area contributed by atoms with Crippen LogP contribution in [0.25, 0.3) is 0 Å². The Morgan fingerprint density at radius 3 is 2.46 bits per heavy atom. The van der Waals surface area contributed by atoms with Crippen LogP contribution in [0, 0.1) is 0 Å². The average Bonchev–Trinajstić information content (AvgIpc) is 2.99. The van der Waals surface area contributed by atoms with Crippen molar-refractivity contribution in [3.05, 3.63) is 29.8 Å². The summed E-state index contributed by atoms with van der Waals surface area (Å²) in [7, 11) is 0. The van der Waals surface area contributed by atoms with Gasteiger partial charge in [0.2, 0.25) is 11.8 Å². The van der Waals surface area contributed by atoms with Crippen LogP contribution in [0.1, 0.15) is 31.2 Å². The number of rotatable bonds is 4. The molecule has 2 saturated heterocycles. The topological polar surface area (TPSA) is 81.1 Å². The maximum atomic E-state index is 12.9. The van der Waals surface area contributed by atoms with Gasteiger partial charge in [-0.2, -0.15) is 0 Å². The Morgan fingerprint density at radius 1 is 1.12 bits per heavy atom. The van der Waals surface area contributed by atoms with Gasteiger partial charge in [-0.1, -0.05) is 12.1 Å². The van der Waals surface area contributed by atoms with Crippen LogP contribution in [-0.2, 0) is 16.0 Å². The average molecular weight is 332 g/mol. The smallest absolute Gasteiger partial charge is 0.248 e. The number of nitrogens with zero attached hydrogens (tertiary/aromatic N) is 2. The number of β-amino-alcohol motifs (C(OH)–C–C–N with tert-alkyl or cyclic N) is 1. The van der Waals surface area contributed by atoms with Crippen LogP contribution in [0.4, 0.5) is 0 Å².